The first-order chi connectivity index (χ1) is 15.0. The van der Waals surface area contributed by atoms with Crippen LogP contribution in [-0.4, -0.2) is 20.7 Å². The molecule has 0 amide bonds. The summed E-state index contributed by atoms with van der Waals surface area (Å²) in [5.74, 6) is 0.435. The van der Waals surface area contributed by atoms with Crippen molar-refractivity contribution in [1.82, 2.24) is 14.6 Å². The summed E-state index contributed by atoms with van der Waals surface area (Å²) in [4.78, 5) is 29.6. The molecule has 0 fully saturated rings. The van der Waals surface area contributed by atoms with Gasteiger partial charge in [-0.05, 0) is 48.4 Å². The average molecular weight is 433 g/mol. The normalized spacial score (nSPS) is 16.1. The van der Waals surface area contributed by atoms with Crippen molar-refractivity contribution in [3.05, 3.63) is 102 Å². The largest absolute Gasteiger partial charge is 0.485 e. The Morgan fingerprint density at radius 3 is 2.74 bits per heavy atom. The molecule has 1 aliphatic rings. The quantitative estimate of drug-likeness (QED) is 0.497. The zero-order valence-corrected chi connectivity index (χ0v) is 17.2. The maximum absolute atomic E-state index is 13.1. The van der Waals surface area contributed by atoms with Gasteiger partial charge in [0.25, 0.3) is 11.1 Å². The minimum absolute atomic E-state index is 0.132. The van der Waals surface area contributed by atoms with Crippen LogP contribution in [0.1, 0.15) is 23.7 Å². The number of ether oxygens (including phenoxy) is 1. The molecular weight excluding hydrogens is 417 g/mol. The SMILES string of the molecule is CC1Oc2ccccc2C=C1/C=c1/sc2nc(=O)c(Cc3ccc(F)cc3)nn2c1=O. The number of fused-ring (bicyclic) bond motifs is 2. The summed E-state index contributed by atoms with van der Waals surface area (Å²) in [6.45, 7) is 1.91. The van der Waals surface area contributed by atoms with E-state index in [9.17, 15) is 14.0 Å². The standard InChI is InChI=1S/C23H16FN3O3S/c1-13-16(11-15-4-2-3-5-19(15)30-13)12-20-22(29)27-23(31-20)25-21(28)18(26-27)10-14-6-8-17(24)9-7-14/h2-9,11-13H,10H2,1H3/b20-12+. The summed E-state index contributed by atoms with van der Waals surface area (Å²) in [5, 5.41) is 4.24. The Balaban J connectivity index is 1.58. The topological polar surface area (TPSA) is 73.6 Å². The predicted molar refractivity (Wildman–Crippen MR) is 117 cm³/mol. The van der Waals surface area contributed by atoms with Gasteiger partial charge >= 0.3 is 0 Å². The van der Waals surface area contributed by atoms with Crippen molar-refractivity contribution >= 4 is 28.4 Å². The fourth-order valence-corrected chi connectivity index (χ4v) is 4.32. The van der Waals surface area contributed by atoms with E-state index in [1.165, 1.54) is 12.1 Å². The molecule has 1 unspecified atom stereocenters. The number of nitrogens with zero attached hydrogens (tertiary/aromatic N) is 3. The lowest BCUT2D eigenvalue weighted by Crippen LogP contribution is -2.29. The van der Waals surface area contributed by atoms with Crippen LogP contribution in [0.4, 0.5) is 4.39 Å². The van der Waals surface area contributed by atoms with Crippen LogP contribution in [-0.2, 0) is 6.42 Å². The molecule has 5 rings (SSSR count). The third-order valence-electron chi connectivity index (χ3n) is 5.05. The maximum Gasteiger partial charge on any atom is 0.296 e. The molecule has 1 aliphatic heterocycles. The van der Waals surface area contributed by atoms with E-state index in [2.05, 4.69) is 10.1 Å². The highest BCUT2D eigenvalue weighted by atomic mass is 32.1. The number of aromatic nitrogens is 3. The highest BCUT2D eigenvalue weighted by molar-refractivity contribution is 7.15. The highest BCUT2D eigenvalue weighted by Gasteiger charge is 2.18. The first kappa shape index (κ1) is 19.3. The van der Waals surface area contributed by atoms with E-state index >= 15 is 0 Å². The van der Waals surface area contributed by atoms with Crippen LogP contribution in [0, 0.1) is 5.82 Å². The van der Waals surface area contributed by atoms with E-state index in [1.807, 2.05) is 37.3 Å². The third-order valence-corrected chi connectivity index (χ3v) is 6.01. The van der Waals surface area contributed by atoms with Gasteiger partial charge in [-0.1, -0.05) is 41.7 Å². The van der Waals surface area contributed by atoms with Crippen LogP contribution >= 0.6 is 11.3 Å². The van der Waals surface area contributed by atoms with Crippen LogP contribution < -0.4 is 20.4 Å². The molecule has 154 valence electrons. The Kier molecular flexibility index (Phi) is 4.71. The van der Waals surface area contributed by atoms with Gasteiger partial charge in [0.15, 0.2) is 0 Å². The molecule has 0 bridgehead atoms. The minimum Gasteiger partial charge on any atom is -0.485 e. The lowest BCUT2D eigenvalue weighted by Gasteiger charge is -2.22. The van der Waals surface area contributed by atoms with Gasteiger partial charge in [0.2, 0.25) is 4.96 Å². The number of rotatable bonds is 3. The molecule has 6 nitrogen and oxygen atoms in total. The van der Waals surface area contributed by atoms with Crippen molar-refractivity contribution in [3.8, 4) is 5.75 Å². The lowest BCUT2D eigenvalue weighted by atomic mass is 10.0. The summed E-state index contributed by atoms with van der Waals surface area (Å²) in [5.41, 5.74) is 1.77. The summed E-state index contributed by atoms with van der Waals surface area (Å²) < 4.78 is 20.6. The average Bonchev–Trinajstić information content (AvgIpc) is 3.05. The summed E-state index contributed by atoms with van der Waals surface area (Å²) >= 11 is 1.11. The van der Waals surface area contributed by atoms with Gasteiger partial charge in [-0.3, -0.25) is 9.59 Å². The van der Waals surface area contributed by atoms with E-state index in [0.717, 1.165) is 32.7 Å². The molecule has 3 heterocycles. The van der Waals surface area contributed by atoms with Gasteiger partial charge in [0.05, 0.1) is 4.53 Å². The molecule has 1 atom stereocenters. The molecule has 0 aliphatic carbocycles. The molecule has 31 heavy (non-hydrogen) atoms. The first-order valence-corrected chi connectivity index (χ1v) is 10.5. The van der Waals surface area contributed by atoms with E-state index in [0.29, 0.717) is 10.1 Å². The van der Waals surface area contributed by atoms with Gasteiger partial charge in [-0.25, -0.2) is 4.39 Å². The van der Waals surface area contributed by atoms with Crippen molar-refractivity contribution in [2.45, 2.75) is 19.4 Å². The smallest absolute Gasteiger partial charge is 0.296 e. The van der Waals surface area contributed by atoms with E-state index in [4.69, 9.17) is 4.74 Å². The number of halogens is 1. The number of benzene rings is 2. The van der Waals surface area contributed by atoms with Crippen LogP contribution in [0.25, 0.3) is 17.1 Å². The van der Waals surface area contributed by atoms with E-state index < -0.39 is 5.56 Å². The van der Waals surface area contributed by atoms with Crippen LogP contribution in [0.3, 0.4) is 0 Å². The van der Waals surface area contributed by atoms with Gasteiger partial charge < -0.3 is 4.74 Å². The molecule has 2 aromatic heterocycles. The summed E-state index contributed by atoms with van der Waals surface area (Å²) in [7, 11) is 0. The summed E-state index contributed by atoms with van der Waals surface area (Å²) in [6.07, 6.45) is 3.68. The van der Waals surface area contributed by atoms with Gasteiger partial charge in [0.1, 0.15) is 23.4 Å². The zero-order chi connectivity index (χ0) is 21.5. The molecule has 2 aromatic carbocycles. The molecule has 8 heteroatoms. The Hall–Kier alpha value is -3.65. The van der Waals surface area contributed by atoms with Gasteiger partial charge in [0, 0.05) is 12.0 Å². The predicted octanol–water partition coefficient (Wildman–Crippen LogP) is 2.61. The Bertz CT molecular complexity index is 1510. The first-order valence-electron chi connectivity index (χ1n) is 9.64. The van der Waals surface area contributed by atoms with Crippen molar-refractivity contribution in [1.29, 1.82) is 0 Å². The molecule has 0 N–H and O–H groups in total. The van der Waals surface area contributed by atoms with Crippen molar-refractivity contribution in [2.75, 3.05) is 0 Å². The van der Waals surface area contributed by atoms with E-state index in [1.54, 1.807) is 18.2 Å². The Morgan fingerprint density at radius 1 is 1.16 bits per heavy atom. The monoisotopic (exact) mass is 433 g/mol. The highest BCUT2D eigenvalue weighted by Crippen LogP contribution is 2.29. The van der Waals surface area contributed by atoms with Crippen molar-refractivity contribution < 1.29 is 9.13 Å². The second-order valence-corrected chi connectivity index (χ2v) is 8.23. The van der Waals surface area contributed by atoms with Crippen LogP contribution in [0.15, 0.2) is 63.7 Å². The summed E-state index contributed by atoms with van der Waals surface area (Å²) in [6, 6.07) is 13.5. The number of hydrogen-bond donors (Lipinski definition) is 0. The van der Waals surface area contributed by atoms with Crippen molar-refractivity contribution in [3.63, 3.8) is 0 Å². The fourth-order valence-electron chi connectivity index (χ4n) is 3.42. The second-order valence-electron chi connectivity index (χ2n) is 7.22. The van der Waals surface area contributed by atoms with Crippen molar-refractivity contribution in [2.24, 2.45) is 0 Å². The molecular formula is C23H16FN3O3S. The van der Waals surface area contributed by atoms with Gasteiger partial charge in [-0.15, -0.1) is 0 Å². The van der Waals surface area contributed by atoms with E-state index in [-0.39, 0.29) is 34.6 Å². The Morgan fingerprint density at radius 2 is 1.94 bits per heavy atom. The maximum atomic E-state index is 13.1. The molecule has 0 radical (unpaired) electrons. The zero-order valence-electron chi connectivity index (χ0n) is 16.4. The fraction of sp³-hybridized carbons (Fsp3) is 0.130. The molecule has 4 aromatic rings. The number of para-hydroxylation sites is 1. The van der Waals surface area contributed by atoms with Crippen LogP contribution in [0.5, 0.6) is 5.75 Å². The van der Waals surface area contributed by atoms with Crippen LogP contribution in [0.2, 0.25) is 0 Å². The molecule has 0 saturated carbocycles. The number of thiazole rings is 1. The second kappa shape index (κ2) is 7.55. The third kappa shape index (κ3) is 3.66. The number of hydrogen-bond acceptors (Lipinski definition) is 6. The van der Waals surface area contributed by atoms with Gasteiger partial charge in [-0.2, -0.15) is 14.6 Å². The minimum atomic E-state index is -0.500. The lowest BCUT2D eigenvalue weighted by molar-refractivity contribution is 0.259. The molecule has 0 spiro atoms. The Labute approximate surface area is 179 Å². The molecule has 0 saturated heterocycles.